The van der Waals surface area contributed by atoms with Crippen LogP contribution in [-0.4, -0.2) is 24.1 Å². The Labute approximate surface area is 112 Å². The molecule has 0 radical (unpaired) electrons. The van der Waals surface area contributed by atoms with E-state index in [0.29, 0.717) is 5.56 Å². The van der Waals surface area contributed by atoms with Crippen LogP contribution in [0.1, 0.15) is 42.6 Å². The van der Waals surface area contributed by atoms with Crippen LogP contribution in [0.25, 0.3) is 0 Å². The molecule has 0 saturated heterocycles. The Balaban J connectivity index is 3.04. The van der Waals surface area contributed by atoms with Gasteiger partial charge in [-0.15, -0.1) is 0 Å². The fourth-order valence-corrected chi connectivity index (χ4v) is 3.31. The van der Waals surface area contributed by atoms with Gasteiger partial charge >= 0.3 is 7.60 Å². The number of furan rings is 1. The topological polar surface area (TPSA) is 86.0 Å². The van der Waals surface area contributed by atoms with Crippen molar-refractivity contribution in [2.24, 2.45) is 0 Å². The summed E-state index contributed by atoms with van der Waals surface area (Å²) in [7, 11) is -3.33. The maximum absolute atomic E-state index is 12.4. The highest BCUT2D eigenvalue weighted by molar-refractivity contribution is 7.53. The Morgan fingerprint density at radius 2 is 1.95 bits per heavy atom. The molecule has 7 heteroatoms. The van der Waals surface area contributed by atoms with Crippen LogP contribution < -0.4 is 0 Å². The third-order valence-corrected chi connectivity index (χ3v) is 4.36. The number of hydrogen-bond donors (Lipinski definition) is 1. The van der Waals surface area contributed by atoms with Crippen molar-refractivity contribution in [2.75, 3.05) is 13.2 Å². The summed E-state index contributed by atoms with van der Waals surface area (Å²) in [6.45, 7) is 4.94. The predicted molar refractivity (Wildman–Crippen MR) is 69.2 cm³/mol. The van der Waals surface area contributed by atoms with E-state index in [1.165, 1.54) is 13.0 Å². The van der Waals surface area contributed by atoms with E-state index < -0.39 is 7.60 Å². The van der Waals surface area contributed by atoms with Gasteiger partial charge in [-0.1, -0.05) is 0 Å². The second-order valence-corrected chi connectivity index (χ2v) is 5.92. The number of ketones is 1. The van der Waals surface area contributed by atoms with Crippen molar-refractivity contribution in [1.29, 1.82) is 0 Å². The molecule has 1 heterocycles. The van der Waals surface area contributed by atoms with E-state index in [2.05, 4.69) is 0 Å². The molecule has 0 bridgehead atoms. The third kappa shape index (κ3) is 4.28. The number of hydrogen-bond acceptors (Lipinski definition) is 6. The molecule has 108 valence electrons. The number of rotatable bonds is 8. The zero-order valence-corrected chi connectivity index (χ0v) is 12.2. The smallest absolute Gasteiger partial charge is 0.338 e. The maximum atomic E-state index is 12.4. The Kier molecular flexibility index (Phi) is 5.94. The highest BCUT2D eigenvalue weighted by Crippen LogP contribution is 2.52. The Morgan fingerprint density at radius 1 is 1.37 bits per heavy atom. The summed E-state index contributed by atoms with van der Waals surface area (Å²) in [6.07, 6.45) is -0.121. The van der Waals surface area contributed by atoms with Gasteiger partial charge in [0.15, 0.2) is 5.78 Å². The molecule has 0 spiro atoms. The summed E-state index contributed by atoms with van der Waals surface area (Å²) in [5.41, 5.74) is 0.295. The summed E-state index contributed by atoms with van der Waals surface area (Å²) in [6, 6.07) is 1.44. The Morgan fingerprint density at radius 3 is 2.37 bits per heavy atom. The maximum Gasteiger partial charge on any atom is 0.338 e. The summed E-state index contributed by atoms with van der Waals surface area (Å²) < 4.78 is 28.0. The quantitative estimate of drug-likeness (QED) is 0.585. The Bertz CT molecular complexity index is 469. The summed E-state index contributed by atoms with van der Waals surface area (Å²) in [4.78, 5) is 11.5. The van der Waals surface area contributed by atoms with Gasteiger partial charge in [0.2, 0.25) is 0 Å². The van der Waals surface area contributed by atoms with Gasteiger partial charge in [0.1, 0.15) is 24.3 Å². The first-order valence-electron chi connectivity index (χ1n) is 6.07. The molecule has 0 atom stereocenters. The van der Waals surface area contributed by atoms with E-state index in [0.717, 1.165) is 0 Å². The van der Waals surface area contributed by atoms with Gasteiger partial charge in [0.25, 0.3) is 0 Å². The molecule has 0 aliphatic heterocycles. The number of carbonyl (C=O) groups excluding carboxylic acids is 1. The molecule has 0 aliphatic carbocycles. The molecule has 1 N–H and O–H groups in total. The minimum atomic E-state index is -3.33. The standard InChI is InChI=1S/C12H19O6P/c1-4-16-19(15,17-5-2)8-12-11(9(3)14)6-10(7-13)18-12/h6,13H,4-5,7-8H2,1-3H3. The van der Waals surface area contributed by atoms with E-state index in [9.17, 15) is 9.36 Å². The van der Waals surface area contributed by atoms with Crippen LogP contribution in [0.2, 0.25) is 0 Å². The first-order chi connectivity index (χ1) is 8.95. The number of carbonyl (C=O) groups is 1. The fourth-order valence-electron chi connectivity index (χ4n) is 1.68. The second-order valence-electron chi connectivity index (χ2n) is 3.87. The first kappa shape index (κ1) is 16.1. The molecule has 0 amide bonds. The van der Waals surface area contributed by atoms with E-state index >= 15 is 0 Å². The number of aliphatic hydroxyl groups excluding tert-OH is 1. The van der Waals surface area contributed by atoms with Gasteiger partial charge < -0.3 is 18.6 Å². The largest absolute Gasteiger partial charge is 0.462 e. The van der Waals surface area contributed by atoms with E-state index in [4.69, 9.17) is 18.6 Å². The Hall–Kier alpha value is -0.940. The van der Waals surface area contributed by atoms with Crippen LogP contribution in [0.5, 0.6) is 0 Å². The molecular weight excluding hydrogens is 271 g/mol. The average molecular weight is 290 g/mol. The van der Waals surface area contributed by atoms with Gasteiger partial charge in [0, 0.05) is 0 Å². The third-order valence-electron chi connectivity index (χ3n) is 2.38. The lowest BCUT2D eigenvalue weighted by atomic mass is 10.2. The molecule has 0 saturated carbocycles. The summed E-state index contributed by atoms with van der Waals surface area (Å²) in [5.74, 6) is 0.250. The van der Waals surface area contributed by atoms with Gasteiger partial charge in [-0.2, -0.15) is 0 Å². The van der Waals surface area contributed by atoms with Crippen molar-refractivity contribution in [3.63, 3.8) is 0 Å². The van der Waals surface area contributed by atoms with Crippen LogP contribution in [0.15, 0.2) is 10.5 Å². The molecule has 1 aromatic heterocycles. The number of aliphatic hydroxyl groups is 1. The van der Waals surface area contributed by atoms with Crippen molar-refractivity contribution in [2.45, 2.75) is 33.5 Å². The molecule has 0 aromatic carbocycles. The lowest BCUT2D eigenvalue weighted by molar-refractivity contribution is 0.101. The van der Waals surface area contributed by atoms with Crippen LogP contribution in [0, 0.1) is 0 Å². The molecule has 0 unspecified atom stereocenters. The van der Waals surface area contributed by atoms with Gasteiger partial charge in [-0.05, 0) is 26.8 Å². The van der Waals surface area contributed by atoms with Gasteiger partial charge in [0.05, 0.1) is 18.8 Å². The molecule has 6 nitrogen and oxygen atoms in total. The summed E-state index contributed by atoms with van der Waals surface area (Å²) >= 11 is 0. The molecule has 19 heavy (non-hydrogen) atoms. The van der Waals surface area contributed by atoms with Crippen LogP contribution in [-0.2, 0) is 26.4 Å². The van der Waals surface area contributed by atoms with E-state index in [1.54, 1.807) is 13.8 Å². The van der Waals surface area contributed by atoms with Gasteiger partial charge in [-0.3, -0.25) is 9.36 Å². The predicted octanol–water partition coefficient (Wildman–Crippen LogP) is 2.74. The zero-order chi connectivity index (χ0) is 14.5. The SMILES string of the molecule is CCOP(=O)(Cc1oc(CO)cc1C(C)=O)OCC. The lowest BCUT2D eigenvalue weighted by Gasteiger charge is -2.16. The van der Waals surface area contributed by atoms with Crippen molar-refractivity contribution < 1.29 is 27.9 Å². The van der Waals surface area contributed by atoms with Crippen molar-refractivity contribution in [1.82, 2.24) is 0 Å². The van der Waals surface area contributed by atoms with Crippen LogP contribution in [0.3, 0.4) is 0 Å². The highest BCUT2D eigenvalue weighted by atomic mass is 31.2. The molecule has 0 aliphatic rings. The summed E-state index contributed by atoms with van der Waals surface area (Å²) in [5, 5.41) is 9.03. The minimum absolute atomic E-state index is 0.121. The first-order valence-corrected chi connectivity index (χ1v) is 7.80. The van der Waals surface area contributed by atoms with Crippen molar-refractivity contribution >= 4 is 13.4 Å². The molecule has 1 aromatic rings. The van der Waals surface area contributed by atoms with Gasteiger partial charge in [-0.25, -0.2) is 0 Å². The van der Waals surface area contributed by atoms with E-state index in [1.807, 2.05) is 0 Å². The minimum Gasteiger partial charge on any atom is -0.462 e. The van der Waals surface area contributed by atoms with E-state index in [-0.39, 0.29) is 43.3 Å². The highest BCUT2D eigenvalue weighted by Gasteiger charge is 2.29. The van der Waals surface area contributed by atoms with Crippen LogP contribution >= 0.6 is 7.60 Å². The fraction of sp³-hybridized carbons (Fsp3) is 0.583. The molecular formula is C12H19O6P. The molecule has 1 rings (SSSR count). The second kappa shape index (κ2) is 7.01. The molecule has 0 fully saturated rings. The van der Waals surface area contributed by atoms with Crippen LogP contribution in [0.4, 0.5) is 0 Å². The number of Topliss-reactive ketones (excluding diaryl/α,β-unsaturated/α-hetero) is 1. The average Bonchev–Trinajstić information content (AvgIpc) is 2.72. The van der Waals surface area contributed by atoms with Crippen molar-refractivity contribution in [3.8, 4) is 0 Å². The zero-order valence-electron chi connectivity index (χ0n) is 11.3. The monoisotopic (exact) mass is 290 g/mol. The van der Waals surface area contributed by atoms with Crippen molar-refractivity contribution in [3.05, 3.63) is 23.2 Å². The lowest BCUT2D eigenvalue weighted by Crippen LogP contribution is -2.01. The normalized spacial score (nSPS) is 11.8.